The third-order valence-corrected chi connectivity index (χ3v) is 2.61. The molecule has 0 N–H and O–H groups in total. The molecule has 1 aromatic heterocycles. The fourth-order valence-corrected chi connectivity index (χ4v) is 1.68. The number of nitrogens with zero attached hydrogens (tertiary/aromatic N) is 3. The average Bonchev–Trinajstić information content (AvgIpc) is 2.68. The van der Waals surface area contributed by atoms with E-state index in [2.05, 4.69) is 5.10 Å². The van der Waals surface area contributed by atoms with Crippen molar-refractivity contribution in [1.82, 2.24) is 9.78 Å². The van der Waals surface area contributed by atoms with Gasteiger partial charge in [-0.25, -0.2) is 0 Å². The zero-order valence-electron chi connectivity index (χ0n) is 8.47. The van der Waals surface area contributed by atoms with E-state index in [-0.39, 0.29) is 5.69 Å². The highest BCUT2D eigenvalue weighted by Gasteiger charge is 2.09. The number of fused-ring (bicyclic) bond motifs is 1. The van der Waals surface area contributed by atoms with E-state index < -0.39 is 4.92 Å². The summed E-state index contributed by atoms with van der Waals surface area (Å²) in [5.41, 5.74) is 0.861. The van der Waals surface area contributed by atoms with Gasteiger partial charge in [0, 0.05) is 29.9 Å². The molecule has 0 radical (unpaired) electrons. The van der Waals surface area contributed by atoms with Crippen LogP contribution in [0.1, 0.15) is 6.42 Å². The van der Waals surface area contributed by atoms with Crippen LogP contribution < -0.4 is 0 Å². The van der Waals surface area contributed by atoms with Gasteiger partial charge in [0.15, 0.2) is 0 Å². The van der Waals surface area contributed by atoms with Crippen LogP contribution in [0.15, 0.2) is 24.4 Å². The highest BCUT2D eigenvalue weighted by Crippen LogP contribution is 2.20. The molecule has 2 rings (SSSR count). The van der Waals surface area contributed by atoms with Crippen molar-refractivity contribution in [2.75, 3.05) is 5.88 Å². The van der Waals surface area contributed by atoms with Crippen LogP contribution in [0.25, 0.3) is 10.9 Å². The standard InChI is InChI=1S/C10H10ClN3O2/c11-4-1-5-13-10-6-9(14(15)16)3-2-8(10)7-12-13/h2-3,6-7H,1,4-5H2. The van der Waals surface area contributed by atoms with Gasteiger partial charge in [0.2, 0.25) is 0 Å². The fraction of sp³-hybridized carbons (Fsp3) is 0.300. The number of aromatic nitrogens is 2. The van der Waals surface area contributed by atoms with Crippen molar-refractivity contribution < 1.29 is 4.92 Å². The summed E-state index contributed by atoms with van der Waals surface area (Å²) in [4.78, 5) is 10.2. The Labute approximate surface area is 96.8 Å². The van der Waals surface area contributed by atoms with E-state index >= 15 is 0 Å². The topological polar surface area (TPSA) is 61.0 Å². The second-order valence-electron chi connectivity index (χ2n) is 3.41. The summed E-state index contributed by atoms with van der Waals surface area (Å²) in [5.74, 6) is 0.552. The Morgan fingerprint density at radius 1 is 1.50 bits per heavy atom. The molecule has 5 nitrogen and oxygen atoms in total. The Kier molecular flexibility index (Phi) is 3.05. The molecular weight excluding hydrogens is 230 g/mol. The van der Waals surface area contributed by atoms with Crippen molar-refractivity contribution in [3.63, 3.8) is 0 Å². The molecule has 1 heterocycles. The molecule has 0 saturated heterocycles. The number of halogens is 1. The summed E-state index contributed by atoms with van der Waals surface area (Å²) in [5, 5.41) is 15.7. The van der Waals surface area contributed by atoms with Gasteiger partial charge >= 0.3 is 0 Å². The molecule has 2 aromatic rings. The van der Waals surface area contributed by atoms with Crippen LogP contribution >= 0.6 is 11.6 Å². The highest BCUT2D eigenvalue weighted by atomic mass is 35.5. The first-order valence-electron chi connectivity index (χ1n) is 4.88. The second-order valence-corrected chi connectivity index (χ2v) is 3.79. The average molecular weight is 240 g/mol. The number of hydrogen-bond acceptors (Lipinski definition) is 3. The number of nitro groups is 1. The molecular formula is C10H10ClN3O2. The van der Waals surface area contributed by atoms with Crippen LogP contribution in [0.2, 0.25) is 0 Å². The largest absolute Gasteiger partial charge is 0.271 e. The summed E-state index contributed by atoms with van der Waals surface area (Å²) < 4.78 is 1.74. The summed E-state index contributed by atoms with van der Waals surface area (Å²) in [7, 11) is 0. The Morgan fingerprint density at radius 2 is 2.31 bits per heavy atom. The van der Waals surface area contributed by atoms with Crippen LogP contribution in [-0.2, 0) is 6.54 Å². The molecule has 0 spiro atoms. The maximum absolute atomic E-state index is 10.6. The number of aryl methyl sites for hydroxylation is 1. The molecule has 0 bridgehead atoms. The summed E-state index contributed by atoms with van der Waals surface area (Å²) in [6.45, 7) is 0.675. The van der Waals surface area contributed by atoms with Crippen LogP contribution in [0, 0.1) is 10.1 Å². The van der Waals surface area contributed by atoms with E-state index in [1.807, 2.05) is 0 Å². The van der Waals surface area contributed by atoms with Gasteiger partial charge in [0.05, 0.1) is 16.6 Å². The second kappa shape index (κ2) is 4.49. The molecule has 6 heteroatoms. The molecule has 0 saturated carbocycles. The van der Waals surface area contributed by atoms with Gasteiger partial charge in [0.25, 0.3) is 5.69 Å². The molecule has 0 unspecified atom stereocenters. The molecule has 0 fully saturated rings. The maximum Gasteiger partial charge on any atom is 0.271 e. The number of rotatable bonds is 4. The molecule has 0 aliphatic heterocycles. The number of non-ortho nitro benzene ring substituents is 1. The lowest BCUT2D eigenvalue weighted by molar-refractivity contribution is -0.384. The quantitative estimate of drug-likeness (QED) is 0.468. The van der Waals surface area contributed by atoms with E-state index in [1.165, 1.54) is 12.1 Å². The monoisotopic (exact) mass is 239 g/mol. The molecule has 0 atom stereocenters. The SMILES string of the molecule is O=[N+]([O-])c1ccc2cnn(CCCCl)c2c1. The van der Waals surface area contributed by atoms with Crippen molar-refractivity contribution in [3.05, 3.63) is 34.5 Å². The van der Waals surface area contributed by atoms with Crippen molar-refractivity contribution in [1.29, 1.82) is 0 Å². The zero-order valence-corrected chi connectivity index (χ0v) is 9.22. The van der Waals surface area contributed by atoms with Crippen molar-refractivity contribution >= 4 is 28.2 Å². The van der Waals surface area contributed by atoms with Gasteiger partial charge in [-0.05, 0) is 12.5 Å². The highest BCUT2D eigenvalue weighted by molar-refractivity contribution is 6.17. The minimum Gasteiger partial charge on any atom is -0.265 e. The van der Waals surface area contributed by atoms with Crippen molar-refractivity contribution in [2.24, 2.45) is 0 Å². The van der Waals surface area contributed by atoms with Gasteiger partial charge in [0.1, 0.15) is 0 Å². The number of nitro benzene ring substituents is 1. The van der Waals surface area contributed by atoms with Gasteiger partial charge in [-0.1, -0.05) is 0 Å². The van der Waals surface area contributed by atoms with E-state index in [0.29, 0.717) is 12.4 Å². The summed E-state index contributed by atoms with van der Waals surface area (Å²) in [6, 6.07) is 4.73. The third kappa shape index (κ3) is 1.99. The lowest BCUT2D eigenvalue weighted by Gasteiger charge is -2.00. The number of benzene rings is 1. The van der Waals surface area contributed by atoms with Gasteiger partial charge in [-0.3, -0.25) is 14.8 Å². The Bertz CT molecular complexity index is 524. The van der Waals surface area contributed by atoms with E-state index in [1.54, 1.807) is 16.9 Å². The molecule has 1 aromatic carbocycles. The lowest BCUT2D eigenvalue weighted by Crippen LogP contribution is -2.00. The molecule has 84 valence electrons. The van der Waals surface area contributed by atoms with E-state index in [0.717, 1.165) is 17.3 Å². The first kappa shape index (κ1) is 10.9. The smallest absolute Gasteiger partial charge is 0.265 e. The third-order valence-electron chi connectivity index (χ3n) is 2.34. The Hall–Kier alpha value is -1.62. The Balaban J connectivity index is 2.43. The molecule has 0 aliphatic carbocycles. The van der Waals surface area contributed by atoms with Crippen molar-refractivity contribution in [2.45, 2.75) is 13.0 Å². The zero-order chi connectivity index (χ0) is 11.5. The maximum atomic E-state index is 10.6. The van der Waals surface area contributed by atoms with Crippen LogP contribution in [0.3, 0.4) is 0 Å². The summed E-state index contributed by atoms with van der Waals surface area (Å²) in [6.07, 6.45) is 2.49. The molecule has 0 aliphatic rings. The van der Waals surface area contributed by atoms with Gasteiger partial charge < -0.3 is 0 Å². The lowest BCUT2D eigenvalue weighted by atomic mass is 10.2. The van der Waals surface area contributed by atoms with Crippen LogP contribution in [0.5, 0.6) is 0 Å². The first-order chi connectivity index (χ1) is 7.72. The predicted octanol–water partition coefficient (Wildman–Crippen LogP) is 2.57. The number of hydrogen-bond donors (Lipinski definition) is 0. The first-order valence-corrected chi connectivity index (χ1v) is 5.42. The van der Waals surface area contributed by atoms with Crippen LogP contribution in [-0.4, -0.2) is 20.6 Å². The molecule has 16 heavy (non-hydrogen) atoms. The van der Waals surface area contributed by atoms with Crippen LogP contribution in [0.4, 0.5) is 5.69 Å². The van der Waals surface area contributed by atoms with E-state index in [9.17, 15) is 10.1 Å². The molecule has 0 amide bonds. The van der Waals surface area contributed by atoms with Gasteiger partial charge in [-0.2, -0.15) is 5.10 Å². The van der Waals surface area contributed by atoms with Crippen molar-refractivity contribution in [3.8, 4) is 0 Å². The van der Waals surface area contributed by atoms with E-state index in [4.69, 9.17) is 11.6 Å². The van der Waals surface area contributed by atoms with Gasteiger partial charge in [-0.15, -0.1) is 11.6 Å². The summed E-state index contributed by atoms with van der Waals surface area (Å²) >= 11 is 5.60. The fourth-order valence-electron chi connectivity index (χ4n) is 1.56. The Morgan fingerprint density at radius 3 is 3.00 bits per heavy atom. The minimum absolute atomic E-state index is 0.0834. The normalized spacial score (nSPS) is 10.8. The number of alkyl halides is 1. The predicted molar refractivity (Wildman–Crippen MR) is 61.7 cm³/mol. The minimum atomic E-state index is -0.404.